The van der Waals surface area contributed by atoms with Gasteiger partial charge in [0.15, 0.2) is 23.1 Å². The Morgan fingerprint density at radius 1 is 0.886 bits per heavy atom. The average Bonchev–Trinajstić information content (AvgIpc) is 2.75. The van der Waals surface area contributed by atoms with E-state index in [0.29, 0.717) is 37.5 Å². The lowest BCUT2D eigenvalue weighted by Gasteiger charge is -2.49. The van der Waals surface area contributed by atoms with E-state index in [4.69, 9.17) is 14.2 Å². The molecule has 190 valence electrons. The molecule has 4 rings (SSSR count). The van der Waals surface area contributed by atoms with Crippen molar-refractivity contribution >= 4 is 27.5 Å². The first-order chi connectivity index (χ1) is 16.4. The van der Waals surface area contributed by atoms with Gasteiger partial charge in [-0.25, -0.2) is 0 Å². The third-order valence-electron chi connectivity index (χ3n) is 7.33. The van der Waals surface area contributed by atoms with Crippen LogP contribution in [0.15, 0.2) is 39.1 Å². The molecule has 1 heterocycles. The fourth-order valence-corrected chi connectivity index (χ4v) is 6.56. The van der Waals surface area contributed by atoms with Crippen LogP contribution in [0.4, 0.5) is 0 Å². The minimum absolute atomic E-state index is 0.110. The third-order valence-corrected chi connectivity index (χ3v) is 7.92. The van der Waals surface area contributed by atoms with E-state index in [1.54, 1.807) is 21.3 Å². The molecule has 7 heteroatoms. The van der Waals surface area contributed by atoms with Crippen molar-refractivity contribution in [2.75, 3.05) is 34.5 Å². The highest BCUT2D eigenvalue weighted by atomic mass is 79.9. The lowest BCUT2D eigenvalue weighted by molar-refractivity contribution is -0.119. The Morgan fingerprint density at radius 3 is 1.89 bits per heavy atom. The average molecular weight is 547 g/mol. The van der Waals surface area contributed by atoms with Crippen molar-refractivity contribution in [2.45, 2.75) is 59.3 Å². The lowest BCUT2D eigenvalue weighted by atomic mass is 9.63. The normalized spacial score (nSPS) is 21.8. The molecule has 0 amide bonds. The standard InChI is InChI=1S/C28H36BrNO5/c1-27(2)12-18-24(20(31)14-27)23(16-10-17(29)26(35-7)22(11-16)34-6)25-19(30(18)8-9-33-5)13-28(3,4)15-21(25)32/h10-11,23H,8-9,12-15H2,1-7H3. The van der Waals surface area contributed by atoms with E-state index in [1.165, 1.54) is 0 Å². The molecule has 1 aromatic rings. The first-order valence-electron chi connectivity index (χ1n) is 12.1. The minimum atomic E-state index is -0.429. The molecule has 0 aromatic heterocycles. The molecule has 1 aromatic carbocycles. The number of halogens is 1. The molecule has 0 spiro atoms. The summed E-state index contributed by atoms with van der Waals surface area (Å²) < 4.78 is 17.3. The Kier molecular flexibility index (Phi) is 6.97. The molecular formula is C28H36BrNO5. The summed E-state index contributed by atoms with van der Waals surface area (Å²) in [4.78, 5) is 29.8. The number of hydrogen-bond acceptors (Lipinski definition) is 6. The summed E-state index contributed by atoms with van der Waals surface area (Å²) in [5.41, 5.74) is 4.10. The predicted octanol–water partition coefficient (Wildman–Crippen LogP) is 5.80. The van der Waals surface area contributed by atoms with Crippen LogP contribution in [-0.2, 0) is 14.3 Å². The summed E-state index contributed by atoms with van der Waals surface area (Å²) in [5, 5.41) is 0. The SMILES string of the molecule is COCCN1C2=C(C(=O)CC(C)(C)C2)C(c2cc(Br)c(OC)c(OC)c2)C2=C1CC(C)(C)CC2=O. The van der Waals surface area contributed by atoms with Crippen LogP contribution < -0.4 is 9.47 Å². The van der Waals surface area contributed by atoms with E-state index in [0.717, 1.165) is 45.4 Å². The number of carbonyl (C=O) groups is 2. The van der Waals surface area contributed by atoms with Gasteiger partial charge in [-0.05, 0) is 57.3 Å². The van der Waals surface area contributed by atoms with Crippen LogP contribution >= 0.6 is 15.9 Å². The number of benzene rings is 1. The summed E-state index contributed by atoms with van der Waals surface area (Å²) in [7, 11) is 4.88. The molecule has 6 nitrogen and oxygen atoms in total. The van der Waals surface area contributed by atoms with Gasteiger partial charge in [0.2, 0.25) is 0 Å². The van der Waals surface area contributed by atoms with Crippen molar-refractivity contribution in [3.05, 3.63) is 44.7 Å². The number of ketones is 2. The van der Waals surface area contributed by atoms with Gasteiger partial charge in [-0.3, -0.25) is 9.59 Å². The molecule has 0 N–H and O–H groups in total. The van der Waals surface area contributed by atoms with Crippen molar-refractivity contribution in [3.63, 3.8) is 0 Å². The first kappa shape index (κ1) is 26.0. The Bertz CT molecular complexity index is 1080. The van der Waals surface area contributed by atoms with Crippen LogP contribution in [0.3, 0.4) is 0 Å². The van der Waals surface area contributed by atoms with Crippen LogP contribution in [0.2, 0.25) is 0 Å². The highest BCUT2D eigenvalue weighted by Crippen LogP contribution is 2.55. The molecule has 0 bridgehead atoms. The Labute approximate surface area is 216 Å². The number of allylic oxidation sites excluding steroid dienone is 4. The molecule has 0 saturated heterocycles. The maximum atomic E-state index is 13.8. The highest BCUT2D eigenvalue weighted by molar-refractivity contribution is 9.10. The van der Waals surface area contributed by atoms with Crippen molar-refractivity contribution in [1.29, 1.82) is 0 Å². The Hall–Kier alpha value is -2.12. The maximum absolute atomic E-state index is 13.8. The Morgan fingerprint density at radius 2 is 1.43 bits per heavy atom. The van der Waals surface area contributed by atoms with Gasteiger partial charge in [-0.15, -0.1) is 0 Å². The van der Waals surface area contributed by atoms with Gasteiger partial charge in [-0.2, -0.15) is 0 Å². The van der Waals surface area contributed by atoms with E-state index < -0.39 is 5.92 Å². The van der Waals surface area contributed by atoms with E-state index >= 15 is 0 Å². The van der Waals surface area contributed by atoms with Crippen LogP contribution in [0.25, 0.3) is 0 Å². The second kappa shape index (κ2) is 9.40. The number of ether oxygens (including phenoxy) is 3. The molecule has 2 aliphatic carbocycles. The number of rotatable bonds is 6. The molecule has 1 aliphatic heterocycles. The largest absolute Gasteiger partial charge is 0.493 e. The van der Waals surface area contributed by atoms with Crippen molar-refractivity contribution in [2.24, 2.45) is 10.8 Å². The maximum Gasteiger partial charge on any atom is 0.174 e. The topological polar surface area (TPSA) is 65.1 Å². The quantitative estimate of drug-likeness (QED) is 0.450. The number of nitrogens with zero attached hydrogens (tertiary/aromatic N) is 1. The smallest absolute Gasteiger partial charge is 0.174 e. The fourth-order valence-electron chi connectivity index (χ4n) is 5.94. The van der Waals surface area contributed by atoms with Gasteiger partial charge in [0.05, 0.1) is 25.3 Å². The van der Waals surface area contributed by atoms with Gasteiger partial charge in [0, 0.05) is 55.0 Å². The number of hydrogen-bond donors (Lipinski definition) is 0. The van der Waals surface area contributed by atoms with Gasteiger partial charge < -0.3 is 19.1 Å². The van der Waals surface area contributed by atoms with Crippen LogP contribution in [0.1, 0.15) is 64.9 Å². The second-order valence-electron chi connectivity index (χ2n) is 11.4. The molecule has 0 atom stereocenters. The van der Waals surface area contributed by atoms with Crippen LogP contribution in [0, 0.1) is 10.8 Å². The zero-order valence-electron chi connectivity index (χ0n) is 21.8. The summed E-state index contributed by atoms with van der Waals surface area (Å²) in [6.45, 7) is 9.71. The van der Waals surface area contributed by atoms with Gasteiger partial charge >= 0.3 is 0 Å². The van der Waals surface area contributed by atoms with E-state index in [-0.39, 0.29) is 22.4 Å². The van der Waals surface area contributed by atoms with Crippen LogP contribution in [0.5, 0.6) is 11.5 Å². The summed E-state index contributed by atoms with van der Waals surface area (Å²) >= 11 is 3.62. The summed E-state index contributed by atoms with van der Waals surface area (Å²) in [6.07, 6.45) is 2.46. The number of methoxy groups -OCH3 is 3. The summed E-state index contributed by atoms with van der Waals surface area (Å²) in [6, 6.07) is 3.88. The Balaban J connectivity index is 2.01. The molecule has 3 aliphatic rings. The van der Waals surface area contributed by atoms with Gasteiger partial charge in [-0.1, -0.05) is 27.7 Å². The molecule has 35 heavy (non-hydrogen) atoms. The predicted molar refractivity (Wildman–Crippen MR) is 139 cm³/mol. The van der Waals surface area contributed by atoms with Crippen molar-refractivity contribution in [3.8, 4) is 11.5 Å². The summed E-state index contributed by atoms with van der Waals surface area (Å²) in [5.74, 6) is 0.944. The van der Waals surface area contributed by atoms with E-state index in [2.05, 4.69) is 48.5 Å². The highest BCUT2D eigenvalue weighted by Gasteiger charge is 2.49. The number of carbonyl (C=O) groups excluding carboxylic acids is 2. The zero-order chi connectivity index (χ0) is 25.7. The fraction of sp³-hybridized carbons (Fsp3) is 0.571. The third kappa shape index (κ3) is 4.69. The molecule has 0 saturated carbocycles. The number of Topliss-reactive ketones (excluding diaryl/α,β-unsaturated/α-hetero) is 2. The molecule has 0 radical (unpaired) electrons. The lowest BCUT2D eigenvalue weighted by Crippen LogP contribution is -2.45. The van der Waals surface area contributed by atoms with Crippen molar-refractivity contribution < 1.29 is 23.8 Å². The monoisotopic (exact) mass is 545 g/mol. The van der Waals surface area contributed by atoms with Crippen LogP contribution in [-0.4, -0.2) is 50.9 Å². The van der Waals surface area contributed by atoms with E-state index in [1.807, 2.05) is 12.1 Å². The molecule has 0 unspecified atom stereocenters. The second-order valence-corrected chi connectivity index (χ2v) is 12.3. The van der Waals surface area contributed by atoms with E-state index in [9.17, 15) is 9.59 Å². The van der Waals surface area contributed by atoms with Crippen molar-refractivity contribution in [1.82, 2.24) is 4.90 Å². The zero-order valence-corrected chi connectivity index (χ0v) is 23.4. The first-order valence-corrected chi connectivity index (χ1v) is 12.9. The van der Waals surface area contributed by atoms with Gasteiger partial charge in [0.25, 0.3) is 0 Å². The molecular weight excluding hydrogens is 510 g/mol. The molecule has 0 fully saturated rings. The minimum Gasteiger partial charge on any atom is -0.493 e. The van der Waals surface area contributed by atoms with Gasteiger partial charge in [0.1, 0.15) is 0 Å².